The molecule has 3 saturated heterocycles. The Morgan fingerprint density at radius 3 is 2.47 bits per heavy atom. The number of hydrogen-bond acceptors (Lipinski definition) is 4. The summed E-state index contributed by atoms with van der Waals surface area (Å²) in [4.78, 5) is 15.5. The number of nitrogens with zero attached hydrogens (tertiary/aromatic N) is 1. The zero-order chi connectivity index (χ0) is 25.4. The Labute approximate surface area is 216 Å². The highest BCUT2D eigenvalue weighted by Gasteiger charge is 2.42. The maximum Gasteiger partial charge on any atom is 0.407 e. The Morgan fingerprint density at radius 2 is 1.86 bits per heavy atom. The van der Waals surface area contributed by atoms with Crippen LogP contribution in [0.15, 0.2) is 36.4 Å². The Kier molecular flexibility index (Phi) is 7.04. The standard InChI is InChI=1S/C31H42N2O3/c1-6-35-27-17-26-24(16-25(27)22-9-7-21(8-10-22)15-20(2)3)18-31(4,5)29(26)32-30(34)36-28-19-33-13-11-23(28)12-14-33/h7-10,16-17,20,23,28-29H,6,11-15,18-19H2,1-5H3,(H,32,34)/t28-,29-/m0/s1. The van der Waals surface area contributed by atoms with Crippen LogP contribution in [0.2, 0.25) is 0 Å². The lowest BCUT2D eigenvalue weighted by Crippen LogP contribution is -2.53. The summed E-state index contributed by atoms with van der Waals surface area (Å²) in [5, 5.41) is 3.25. The number of amides is 1. The maximum atomic E-state index is 13.1. The first-order valence-electron chi connectivity index (χ1n) is 13.8. The average molecular weight is 491 g/mol. The summed E-state index contributed by atoms with van der Waals surface area (Å²) in [6.45, 7) is 14.7. The molecule has 2 atom stereocenters. The molecular weight excluding hydrogens is 448 g/mol. The highest BCUT2D eigenvalue weighted by molar-refractivity contribution is 5.74. The SMILES string of the molecule is CCOc1cc2c(cc1-c1ccc(CC(C)C)cc1)CC(C)(C)[C@H]2NC(=O)O[C@H]1CN2CCC1CC2. The van der Waals surface area contributed by atoms with Crippen LogP contribution in [-0.2, 0) is 17.6 Å². The Morgan fingerprint density at radius 1 is 1.14 bits per heavy atom. The molecule has 5 nitrogen and oxygen atoms in total. The van der Waals surface area contributed by atoms with Gasteiger partial charge in [0.05, 0.1) is 12.6 Å². The normalized spacial score (nSPS) is 26.1. The van der Waals surface area contributed by atoms with Gasteiger partial charge in [0.2, 0.25) is 0 Å². The molecule has 2 aromatic rings. The van der Waals surface area contributed by atoms with Crippen LogP contribution in [0, 0.1) is 17.3 Å². The lowest BCUT2D eigenvalue weighted by Gasteiger charge is -2.44. The Hall–Kier alpha value is -2.53. The number of benzene rings is 2. The van der Waals surface area contributed by atoms with E-state index < -0.39 is 0 Å². The van der Waals surface area contributed by atoms with Gasteiger partial charge in [0.25, 0.3) is 0 Å². The topological polar surface area (TPSA) is 50.8 Å². The van der Waals surface area contributed by atoms with E-state index in [0.29, 0.717) is 18.4 Å². The number of alkyl carbamates (subject to hydrolysis) is 1. The predicted octanol–water partition coefficient (Wildman–Crippen LogP) is 6.39. The second kappa shape index (κ2) is 10.1. The number of fused-ring (bicyclic) bond motifs is 4. The molecule has 5 heteroatoms. The first-order chi connectivity index (χ1) is 17.2. The lowest BCUT2D eigenvalue weighted by molar-refractivity contribution is -0.0349. The quantitative estimate of drug-likeness (QED) is 0.488. The summed E-state index contributed by atoms with van der Waals surface area (Å²) in [6, 6.07) is 13.2. The maximum absolute atomic E-state index is 13.1. The smallest absolute Gasteiger partial charge is 0.407 e. The molecule has 194 valence electrons. The van der Waals surface area contributed by atoms with E-state index in [-0.39, 0.29) is 23.7 Å². The fourth-order valence-electron chi connectivity index (χ4n) is 6.48. The molecule has 0 unspecified atom stereocenters. The van der Waals surface area contributed by atoms with Crippen molar-refractivity contribution in [3.8, 4) is 16.9 Å². The summed E-state index contributed by atoms with van der Waals surface area (Å²) in [5.74, 6) is 2.02. The van der Waals surface area contributed by atoms with E-state index in [1.165, 1.54) is 16.7 Å². The number of ether oxygens (including phenoxy) is 2. The molecule has 3 aliphatic heterocycles. The average Bonchev–Trinajstić information content (AvgIpc) is 3.08. The van der Waals surface area contributed by atoms with Crippen LogP contribution >= 0.6 is 0 Å². The molecule has 0 radical (unpaired) electrons. The fraction of sp³-hybridized carbons (Fsp3) is 0.581. The van der Waals surface area contributed by atoms with Crippen LogP contribution in [0.1, 0.15) is 70.2 Å². The number of carbonyl (C=O) groups is 1. The summed E-state index contributed by atoms with van der Waals surface area (Å²) in [6.07, 6.45) is 3.97. The van der Waals surface area contributed by atoms with Gasteiger partial charge in [-0.05, 0) is 97.3 Å². The highest BCUT2D eigenvalue weighted by Crippen LogP contribution is 2.48. The third-order valence-corrected chi connectivity index (χ3v) is 8.31. The van der Waals surface area contributed by atoms with E-state index in [4.69, 9.17) is 9.47 Å². The van der Waals surface area contributed by atoms with Gasteiger partial charge in [-0.3, -0.25) is 4.90 Å². The van der Waals surface area contributed by atoms with Gasteiger partial charge in [-0.15, -0.1) is 0 Å². The second-order valence-electron chi connectivity index (χ2n) is 12.1. The van der Waals surface area contributed by atoms with Gasteiger partial charge in [0.1, 0.15) is 11.9 Å². The van der Waals surface area contributed by atoms with Crippen LogP contribution < -0.4 is 10.1 Å². The molecule has 1 aliphatic carbocycles. The molecule has 6 rings (SSSR count). The minimum absolute atomic E-state index is 0.0107. The van der Waals surface area contributed by atoms with Gasteiger partial charge < -0.3 is 14.8 Å². The first-order valence-corrected chi connectivity index (χ1v) is 13.8. The monoisotopic (exact) mass is 490 g/mol. The number of hydrogen-bond donors (Lipinski definition) is 1. The van der Waals surface area contributed by atoms with Crippen molar-refractivity contribution in [2.75, 3.05) is 26.2 Å². The first kappa shape index (κ1) is 25.1. The van der Waals surface area contributed by atoms with E-state index in [1.807, 2.05) is 6.92 Å². The van der Waals surface area contributed by atoms with Crippen molar-refractivity contribution in [2.24, 2.45) is 17.3 Å². The van der Waals surface area contributed by atoms with Gasteiger partial charge in [0.15, 0.2) is 0 Å². The molecule has 1 amide bonds. The largest absolute Gasteiger partial charge is 0.493 e. The van der Waals surface area contributed by atoms with Crippen molar-refractivity contribution < 1.29 is 14.3 Å². The van der Waals surface area contributed by atoms with Crippen molar-refractivity contribution in [2.45, 2.75) is 72.4 Å². The number of nitrogens with one attached hydrogen (secondary N) is 1. The van der Waals surface area contributed by atoms with E-state index in [1.54, 1.807) is 0 Å². The minimum Gasteiger partial charge on any atom is -0.493 e. The van der Waals surface area contributed by atoms with E-state index in [0.717, 1.165) is 62.2 Å². The third-order valence-electron chi connectivity index (χ3n) is 8.31. The van der Waals surface area contributed by atoms with E-state index in [9.17, 15) is 4.79 Å². The predicted molar refractivity (Wildman–Crippen MR) is 144 cm³/mol. The lowest BCUT2D eigenvalue weighted by atomic mass is 9.85. The molecule has 2 bridgehead atoms. The molecule has 3 fully saturated rings. The molecule has 1 N–H and O–H groups in total. The molecule has 0 aromatic heterocycles. The van der Waals surface area contributed by atoms with Gasteiger partial charge in [0, 0.05) is 12.1 Å². The van der Waals surface area contributed by atoms with Crippen LogP contribution in [-0.4, -0.2) is 43.3 Å². The molecular formula is C31H42N2O3. The molecule has 3 heterocycles. The number of rotatable bonds is 7. The van der Waals surface area contributed by atoms with Crippen molar-refractivity contribution >= 4 is 6.09 Å². The minimum atomic E-state index is -0.289. The Bertz CT molecular complexity index is 1080. The third kappa shape index (κ3) is 5.13. The summed E-state index contributed by atoms with van der Waals surface area (Å²) in [7, 11) is 0. The zero-order valence-electron chi connectivity index (χ0n) is 22.6. The highest BCUT2D eigenvalue weighted by atomic mass is 16.6. The van der Waals surface area contributed by atoms with Gasteiger partial charge in [-0.1, -0.05) is 52.0 Å². The van der Waals surface area contributed by atoms with Crippen molar-refractivity contribution in [1.29, 1.82) is 0 Å². The van der Waals surface area contributed by atoms with Crippen molar-refractivity contribution in [3.05, 3.63) is 53.1 Å². The molecule has 0 spiro atoms. The van der Waals surface area contributed by atoms with Gasteiger partial charge in [-0.2, -0.15) is 0 Å². The Balaban J connectivity index is 1.38. The fourth-order valence-corrected chi connectivity index (χ4v) is 6.48. The molecule has 4 aliphatic rings. The van der Waals surface area contributed by atoms with Crippen molar-refractivity contribution in [1.82, 2.24) is 10.2 Å². The van der Waals surface area contributed by atoms with Crippen LogP contribution in [0.3, 0.4) is 0 Å². The molecule has 0 saturated carbocycles. The number of carbonyl (C=O) groups excluding carboxylic acids is 1. The molecule has 2 aromatic carbocycles. The summed E-state index contributed by atoms with van der Waals surface area (Å²) in [5.41, 5.74) is 5.97. The van der Waals surface area contributed by atoms with Crippen LogP contribution in [0.25, 0.3) is 11.1 Å². The number of piperidine rings is 3. The zero-order valence-corrected chi connectivity index (χ0v) is 22.6. The summed E-state index contributed by atoms with van der Waals surface area (Å²) >= 11 is 0. The second-order valence-corrected chi connectivity index (χ2v) is 12.1. The van der Waals surface area contributed by atoms with Crippen molar-refractivity contribution in [3.63, 3.8) is 0 Å². The van der Waals surface area contributed by atoms with Crippen LogP contribution in [0.4, 0.5) is 4.79 Å². The molecule has 36 heavy (non-hydrogen) atoms. The van der Waals surface area contributed by atoms with Gasteiger partial charge >= 0.3 is 6.09 Å². The summed E-state index contributed by atoms with van der Waals surface area (Å²) < 4.78 is 12.1. The van der Waals surface area contributed by atoms with Gasteiger partial charge in [-0.25, -0.2) is 4.79 Å². The van der Waals surface area contributed by atoms with E-state index >= 15 is 0 Å². The van der Waals surface area contributed by atoms with E-state index in [2.05, 4.69) is 74.3 Å². The van der Waals surface area contributed by atoms with Crippen LogP contribution in [0.5, 0.6) is 5.75 Å².